The third-order valence-corrected chi connectivity index (χ3v) is 4.74. The van der Waals surface area contributed by atoms with Gasteiger partial charge in [0.1, 0.15) is 17.2 Å². The van der Waals surface area contributed by atoms with E-state index in [9.17, 15) is 4.79 Å². The molecule has 2 aromatic carbocycles. The minimum absolute atomic E-state index is 0.0651. The van der Waals surface area contributed by atoms with Crippen molar-refractivity contribution in [2.24, 2.45) is 0 Å². The standard InChI is InChI=1S/C20H19ClN2O4S.2C2H6/c1-12(23-13(2)24)14-4-6-16(7-5-14)26-19-11-22-20(28-19)27-18-9-15(21)8-17(10-18)25-3;2*1-2/h4-12H,1-3H3,(H,23,24);2*1-2H3. The predicted molar refractivity (Wildman–Crippen MR) is 132 cm³/mol. The van der Waals surface area contributed by atoms with Crippen molar-refractivity contribution in [3.05, 3.63) is 59.2 Å². The third kappa shape index (κ3) is 8.77. The molecule has 32 heavy (non-hydrogen) atoms. The largest absolute Gasteiger partial charge is 0.497 e. The number of nitrogens with zero attached hydrogens (tertiary/aromatic N) is 1. The lowest BCUT2D eigenvalue weighted by molar-refractivity contribution is -0.119. The summed E-state index contributed by atoms with van der Waals surface area (Å²) in [5.41, 5.74) is 0.991. The summed E-state index contributed by atoms with van der Waals surface area (Å²) in [6.45, 7) is 11.4. The fraction of sp³-hybridized carbons (Fsp3) is 0.333. The smallest absolute Gasteiger partial charge is 0.282 e. The van der Waals surface area contributed by atoms with E-state index in [1.807, 2.05) is 58.9 Å². The Labute approximate surface area is 199 Å². The van der Waals surface area contributed by atoms with Gasteiger partial charge >= 0.3 is 0 Å². The molecule has 1 N–H and O–H groups in total. The number of nitrogens with one attached hydrogen (secondary N) is 1. The summed E-state index contributed by atoms with van der Waals surface area (Å²) < 4.78 is 16.7. The minimum Gasteiger partial charge on any atom is -0.497 e. The summed E-state index contributed by atoms with van der Waals surface area (Å²) in [7, 11) is 1.56. The number of hydrogen-bond acceptors (Lipinski definition) is 6. The molecule has 0 aliphatic heterocycles. The molecule has 0 bridgehead atoms. The first-order valence-electron chi connectivity index (χ1n) is 10.5. The molecule has 0 fully saturated rings. The summed E-state index contributed by atoms with van der Waals surface area (Å²) in [5, 5.41) is 4.37. The number of carbonyl (C=O) groups is 1. The van der Waals surface area contributed by atoms with Crippen LogP contribution in [-0.2, 0) is 4.79 Å². The van der Waals surface area contributed by atoms with Gasteiger partial charge in [0.15, 0.2) is 0 Å². The lowest BCUT2D eigenvalue weighted by Gasteiger charge is -2.13. The molecule has 3 aromatic rings. The van der Waals surface area contributed by atoms with Gasteiger partial charge in [0.2, 0.25) is 11.0 Å². The van der Waals surface area contributed by atoms with E-state index >= 15 is 0 Å². The molecule has 0 saturated carbocycles. The Balaban J connectivity index is 0.00000121. The quantitative estimate of drug-likeness (QED) is 0.377. The van der Waals surface area contributed by atoms with Gasteiger partial charge in [-0.15, -0.1) is 0 Å². The van der Waals surface area contributed by atoms with E-state index in [1.165, 1.54) is 18.3 Å². The van der Waals surface area contributed by atoms with Gasteiger partial charge in [-0.1, -0.05) is 51.4 Å². The first kappa shape index (κ1) is 27.3. The summed E-state index contributed by atoms with van der Waals surface area (Å²) in [4.78, 5) is 15.4. The van der Waals surface area contributed by atoms with Crippen molar-refractivity contribution < 1.29 is 19.0 Å². The molecule has 6 nitrogen and oxygen atoms in total. The second-order valence-electron chi connectivity index (χ2n) is 5.97. The average molecular weight is 479 g/mol. The Morgan fingerprint density at radius 2 is 1.62 bits per heavy atom. The van der Waals surface area contributed by atoms with Crippen LogP contribution in [0.2, 0.25) is 5.02 Å². The maximum Gasteiger partial charge on any atom is 0.282 e. The Bertz CT molecular complexity index is 961. The van der Waals surface area contributed by atoms with Crippen LogP contribution >= 0.6 is 22.9 Å². The zero-order valence-electron chi connectivity index (χ0n) is 19.6. The van der Waals surface area contributed by atoms with Gasteiger partial charge in [0, 0.05) is 18.0 Å². The molecule has 0 radical (unpaired) electrons. The molecule has 174 valence electrons. The molecule has 0 saturated heterocycles. The molecule has 1 atom stereocenters. The third-order valence-electron chi connectivity index (χ3n) is 3.77. The summed E-state index contributed by atoms with van der Waals surface area (Å²) in [6, 6.07) is 12.5. The number of benzene rings is 2. The van der Waals surface area contributed by atoms with Gasteiger partial charge in [-0.05, 0) is 48.1 Å². The van der Waals surface area contributed by atoms with Crippen molar-refractivity contribution in [1.82, 2.24) is 10.3 Å². The number of thiazole rings is 1. The van der Waals surface area contributed by atoms with E-state index < -0.39 is 0 Å². The molecule has 1 heterocycles. The minimum atomic E-state index is -0.0673. The van der Waals surface area contributed by atoms with Crippen LogP contribution in [-0.4, -0.2) is 18.0 Å². The van der Waals surface area contributed by atoms with Crippen molar-refractivity contribution in [2.75, 3.05) is 7.11 Å². The van der Waals surface area contributed by atoms with Crippen LogP contribution in [0.25, 0.3) is 0 Å². The van der Waals surface area contributed by atoms with Crippen LogP contribution < -0.4 is 19.5 Å². The van der Waals surface area contributed by atoms with E-state index in [1.54, 1.807) is 31.5 Å². The van der Waals surface area contributed by atoms with Crippen LogP contribution in [0, 0.1) is 0 Å². The number of rotatable bonds is 7. The molecule has 8 heteroatoms. The number of ether oxygens (including phenoxy) is 3. The second kappa shape index (κ2) is 14.3. The zero-order chi connectivity index (χ0) is 24.1. The fourth-order valence-electron chi connectivity index (χ4n) is 2.48. The van der Waals surface area contributed by atoms with Crippen LogP contribution in [0.5, 0.6) is 27.5 Å². The molecular formula is C24H31ClN2O4S. The maximum atomic E-state index is 11.2. The Hall–Kier alpha value is -2.77. The number of amides is 1. The molecular weight excluding hydrogens is 448 g/mol. The van der Waals surface area contributed by atoms with Gasteiger partial charge in [0.25, 0.3) is 5.19 Å². The summed E-state index contributed by atoms with van der Waals surface area (Å²) in [6.07, 6.45) is 1.59. The molecule has 0 aliphatic carbocycles. The van der Waals surface area contributed by atoms with Gasteiger partial charge in [-0.2, -0.15) is 0 Å². The normalized spacial score (nSPS) is 10.5. The summed E-state index contributed by atoms with van der Waals surface area (Å²) >= 11 is 7.31. The SMILES string of the molecule is CC.CC.COc1cc(Cl)cc(Oc2ncc(Oc3ccc(C(C)NC(C)=O)cc3)s2)c1. The van der Waals surface area contributed by atoms with Gasteiger partial charge in [0.05, 0.1) is 19.3 Å². The fourth-order valence-corrected chi connectivity index (χ4v) is 3.36. The van der Waals surface area contributed by atoms with E-state index in [2.05, 4.69) is 10.3 Å². The van der Waals surface area contributed by atoms with Crippen molar-refractivity contribution in [3.8, 4) is 27.5 Å². The Kier molecular flexibility index (Phi) is 12.2. The molecule has 1 unspecified atom stereocenters. The highest BCUT2D eigenvalue weighted by atomic mass is 35.5. The first-order chi connectivity index (χ1) is 15.4. The summed E-state index contributed by atoms with van der Waals surface area (Å²) in [5.74, 6) is 1.73. The average Bonchev–Trinajstić information content (AvgIpc) is 3.22. The Morgan fingerprint density at radius 1 is 1.00 bits per heavy atom. The van der Waals surface area contributed by atoms with E-state index in [0.29, 0.717) is 32.5 Å². The van der Waals surface area contributed by atoms with Gasteiger partial charge < -0.3 is 19.5 Å². The second-order valence-corrected chi connectivity index (χ2v) is 7.36. The van der Waals surface area contributed by atoms with E-state index in [4.69, 9.17) is 25.8 Å². The monoisotopic (exact) mass is 478 g/mol. The number of carbonyl (C=O) groups excluding carboxylic acids is 1. The maximum absolute atomic E-state index is 11.2. The lowest BCUT2D eigenvalue weighted by atomic mass is 10.1. The van der Waals surface area contributed by atoms with E-state index in [0.717, 1.165) is 5.56 Å². The zero-order valence-corrected chi connectivity index (χ0v) is 21.1. The number of methoxy groups -OCH3 is 1. The number of aromatic nitrogens is 1. The molecule has 1 amide bonds. The highest BCUT2D eigenvalue weighted by Gasteiger charge is 2.10. The Morgan fingerprint density at radius 3 is 2.22 bits per heavy atom. The first-order valence-corrected chi connectivity index (χ1v) is 11.7. The van der Waals surface area contributed by atoms with E-state index in [-0.39, 0.29) is 11.9 Å². The molecule has 0 spiro atoms. The molecule has 3 rings (SSSR count). The lowest BCUT2D eigenvalue weighted by Crippen LogP contribution is -2.23. The van der Waals surface area contributed by atoms with Crippen LogP contribution in [0.15, 0.2) is 48.7 Å². The number of halogens is 1. The highest BCUT2D eigenvalue weighted by Crippen LogP contribution is 2.36. The van der Waals surface area contributed by atoms with Gasteiger partial charge in [-0.25, -0.2) is 4.98 Å². The van der Waals surface area contributed by atoms with Crippen LogP contribution in [0.4, 0.5) is 0 Å². The van der Waals surface area contributed by atoms with Crippen LogP contribution in [0.1, 0.15) is 53.1 Å². The predicted octanol–water partition coefficient (Wildman–Crippen LogP) is 7.64. The highest BCUT2D eigenvalue weighted by molar-refractivity contribution is 7.15. The van der Waals surface area contributed by atoms with Crippen molar-refractivity contribution in [3.63, 3.8) is 0 Å². The van der Waals surface area contributed by atoms with Crippen LogP contribution in [0.3, 0.4) is 0 Å². The van der Waals surface area contributed by atoms with Gasteiger partial charge in [-0.3, -0.25) is 4.79 Å². The molecule has 0 aliphatic rings. The molecule has 1 aromatic heterocycles. The van der Waals surface area contributed by atoms with Crippen molar-refractivity contribution >= 4 is 28.8 Å². The topological polar surface area (TPSA) is 69.7 Å². The van der Waals surface area contributed by atoms with Crippen molar-refractivity contribution in [1.29, 1.82) is 0 Å². The van der Waals surface area contributed by atoms with Crippen molar-refractivity contribution in [2.45, 2.75) is 47.6 Å². The number of hydrogen-bond donors (Lipinski definition) is 1.